The second kappa shape index (κ2) is 15.4. The molecule has 0 radical (unpaired) electrons. The maximum atomic E-state index is 13.2. The van der Waals surface area contributed by atoms with Crippen molar-refractivity contribution in [2.24, 2.45) is 16.5 Å². The zero-order valence-electron chi connectivity index (χ0n) is 23.0. The molecule has 224 valence electrons. The van der Waals surface area contributed by atoms with Gasteiger partial charge in [0, 0.05) is 11.1 Å². The monoisotopic (exact) mass is 603 g/mol. The van der Waals surface area contributed by atoms with Crippen LogP contribution >= 0.6 is 11.6 Å². The third-order valence-corrected chi connectivity index (χ3v) is 5.87. The van der Waals surface area contributed by atoms with E-state index in [4.69, 9.17) is 23.1 Å². The van der Waals surface area contributed by atoms with E-state index in [-0.39, 0.29) is 35.1 Å². The number of carbonyl (C=O) groups is 2. The van der Waals surface area contributed by atoms with Crippen LogP contribution in [0.5, 0.6) is 0 Å². The van der Waals surface area contributed by atoms with Gasteiger partial charge in [-0.1, -0.05) is 50.3 Å². The number of halogens is 7. The molecular weight excluding hydrogens is 572 g/mol. The fraction of sp³-hybridized carbons (Fsp3) is 0.345. The van der Waals surface area contributed by atoms with E-state index < -0.39 is 40.6 Å². The standard InChI is InChI=1S/C15H18F3N3O.C14H14ClF3O/c1-3-4-5-6-10-7-9(2)11(13(22)21-14(19)20)8-12(10)15(16,17)18;1-3-4-5-6-10-7-9(2)11(13(15)19)8-12(10)14(16,17)18/h4-5,7-8H,3,6H2,1-2H3,(H4,19,20,21,22);4-5,7-8H,3,6H2,1-2H3. The van der Waals surface area contributed by atoms with Crippen molar-refractivity contribution in [3.05, 3.63) is 93.1 Å². The zero-order chi connectivity index (χ0) is 31.5. The Hall–Kier alpha value is -3.60. The molecule has 0 aliphatic heterocycles. The van der Waals surface area contributed by atoms with Gasteiger partial charge < -0.3 is 11.5 Å². The quantitative estimate of drug-likeness (QED) is 0.106. The van der Waals surface area contributed by atoms with Gasteiger partial charge in [0.2, 0.25) is 0 Å². The van der Waals surface area contributed by atoms with Crippen LogP contribution in [0.15, 0.2) is 53.6 Å². The molecule has 5 nitrogen and oxygen atoms in total. The van der Waals surface area contributed by atoms with Crippen molar-refractivity contribution in [1.29, 1.82) is 0 Å². The molecule has 41 heavy (non-hydrogen) atoms. The van der Waals surface area contributed by atoms with E-state index in [0.29, 0.717) is 11.1 Å². The first-order chi connectivity index (χ1) is 18.9. The van der Waals surface area contributed by atoms with Crippen LogP contribution in [0.3, 0.4) is 0 Å². The van der Waals surface area contributed by atoms with Gasteiger partial charge in [0.1, 0.15) is 0 Å². The maximum Gasteiger partial charge on any atom is 0.416 e. The maximum absolute atomic E-state index is 13.2. The molecule has 0 saturated carbocycles. The Morgan fingerprint density at radius 3 is 1.49 bits per heavy atom. The molecule has 1 amide bonds. The van der Waals surface area contributed by atoms with E-state index in [1.54, 1.807) is 38.2 Å². The summed E-state index contributed by atoms with van der Waals surface area (Å²) in [5.41, 5.74) is 9.36. The lowest BCUT2D eigenvalue weighted by molar-refractivity contribution is -0.139. The lowest BCUT2D eigenvalue weighted by Crippen LogP contribution is -2.24. The van der Waals surface area contributed by atoms with Crippen LogP contribution in [0.4, 0.5) is 26.3 Å². The fourth-order valence-corrected chi connectivity index (χ4v) is 3.98. The summed E-state index contributed by atoms with van der Waals surface area (Å²) in [6, 6.07) is 4.36. The molecule has 2 rings (SSSR count). The van der Waals surface area contributed by atoms with Crippen LogP contribution in [0.25, 0.3) is 0 Å². The smallest absolute Gasteiger partial charge is 0.370 e. The highest BCUT2D eigenvalue weighted by Crippen LogP contribution is 2.35. The normalized spacial score (nSPS) is 11.9. The van der Waals surface area contributed by atoms with Gasteiger partial charge in [0.05, 0.1) is 11.1 Å². The SMILES string of the molecule is CCC=CCc1cc(C)c(C(=O)Cl)cc1C(F)(F)F.CCC=CCc1cc(C)c(C(=O)N=C(N)N)cc1C(F)(F)F. The number of guanidine groups is 1. The number of hydrogen-bond donors (Lipinski definition) is 2. The van der Waals surface area contributed by atoms with Crippen LogP contribution in [-0.2, 0) is 25.2 Å². The first kappa shape index (κ1) is 35.4. The Balaban J connectivity index is 0.000000414. The lowest BCUT2D eigenvalue weighted by Gasteiger charge is -2.15. The minimum Gasteiger partial charge on any atom is -0.370 e. The number of benzene rings is 2. The van der Waals surface area contributed by atoms with Crippen molar-refractivity contribution in [2.45, 2.75) is 65.7 Å². The summed E-state index contributed by atoms with van der Waals surface area (Å²) in [7, 11) is 0. The van der Waals surface area contributed by atoms with E-state index in [2.05, 4.69) is 4.99 Å². The number of aryl methyl sites for hydroxylation is 2. The van der Waals surface area contributed by atoms with Crippen molar-refractivity contribution in [3.8, 4) is 0 Å². The number of nitrogens with zero attached hydrogens (tertiary/aromatic N) is 1. The van der Waals surface area contributed by atoms with Gasteiger partial charge in [-0.05, 0) is 85.5 Å². The summed E-state index contributed by atoms with van der Waals surface area (Å²) in [5.74, 6) is -1.38. The highest BCUT2D eigenvalue weighted by Gasteiger charge is 2.35. The summed E-state index contributed by atoms with van der Waals surface area (Å²) in [4.78, 5) is 26.2. The van der Waals surface area contributed by atoms with Gasteiger partial charge >= 0.3 is 12.4 Å². The fourth-order valence-electron chi connectivity index (χ4n) is 3.77. The molecule has 0 unspecified atom stereocenters. The van der Waals surface area contributed by atoms with Crippen LogP contribution in [0, 0.1) is 13.8 Å². The van der Waals surface area contributed by atoms with E-state index in [9.17, 15) is 35.9 Å². The molecule has 0 fully saturated rings. The number of rotatable bonds is 8. The predicted molar refractivity (Wildman–Crippen MR) is 149 cm³/mol. The summed E-state index contributed by atoms with van der Waals surface area (Å²) >= 11 is 5.29. The van der Waals surface area contributed by atoms with Crippen molar-refractivity contribution < 1.29 is 35.9 Å². The van der Waals surface area contributed by atoms with Crippen molar-refractivity contribution >= 4 is 28.7 Å². The Bertz CT molecular complexity index is 1330. The van der Waals surface area contributed by atoms with Crippen molar-refractivity contribution in [3.63, 3.8) is 0 Å². The minimum atomic E-state index is -4.56. The molecule has 0 aliphatic rings. The third-order valence-electron chi connectivity index (χ3n) is 5.66. The molecule has 2 aromatic rings. The van der Waals surface area contributed by atoms with Crippen LogP contribution in [-0.4, -0.2) is 17.1 Å². The first-order valence-corrected chi connectivity index (χ1v) is 12.9. The van der Waals surface area contributed by atoms with E-state index in [0.717, 1.165) is 25.0 Å². The summed E-state index contributed by atoms with van der Waals surface area (Å²) in [5, 5.41) is -0.876. The Kier molecular flexibility index (Phi) is 13.3. The molecule has 0 heterocycles. The Morgan fingerprint density at radius 1 is 0.756 bits per heavy atom. The second-order valence-electron chi connectivity index (χ2n) is 8.93. The van der Waals surface area contributed by atoms with Gasteiger partial charge in [-0.2, -0.15) is 31.3 Å². The zero-order valence-corrected chi connectivity index (χ0v) is 23.8. The molecule has 0 saturated heterocycles. The van der Waals surface area contributed by atoms with Gasteiger partial charge in [0.15, 0.2) is 5.96 Å². The lowest BCUT2D eigenvalue weighted by atomic mass is 9.96. The average molecular weight is 604 g/mol. The molecule has 4 N–H and O–H groups in total. The van der Waals surface area contributed by atoms with Crippen LogP contribution < -0.4 is 11.5 Å². The highest BCUT2D eigenvalue weighted by atomic mass is 35.5. The topological polar surface area (TPSA) is 98.5 Å². The highest BCUT2D eigenvalue weighted by molar-refractivity contribution is 6.67. The Labute approximate surface area is 240 Å². The summed E-state index contributed by atoms with van der Waals surface area (Å²) in [6.07, 6.45) is -0.293. The largest absolute Gasteiger partial charge is 0.416 e. The van der Waals surface area contributed by atoms with Crippen LogP contribution in [0.1, 0.15) is 80.8 Å². The molecule has 0 bridgehead atoms. The average Bonchev–Trinajstić information content (AvgIpc) is 2.82. The molecule has 2 aromatic carbocycles. The van der Waals surface area contributed by atoms with Crippen molar-refractivity contribution in [2.75, 3.05) is 0 Å². The van der Waals surface area contributed by atoms with Gasteiger partial charge in [0.25, 0.3) is 11.1 Å². The van der Waals surface area contributed by atoms with Gasteiger partial charge in [-0.25, -0.2) is 0 Å². The number of nitrogens with two attached hydrogens (primary N) is 2. The summed E-state index contributed by atoms with van der Waals surface area (Å²) in [6.45, 7) is 6.91. The number of carbonyl (C=O) groups excluding carboxylic acids is 2. The summed E-state index contributed by atoms with van der Waals surface area (Å²) < 4.78 is 78.4. The molecule has 0 atom stereocenters. The van der Waals surface area contributed by atoms with E-state index >= 15 is 0 Å². The molecule has 0 aliphatic carbocycles. The first-order valence-electron chi connectivity index (χ1n) is 12.5. The number of allylic oxidation sites excluding steroid dienone is 4. The third kappa shape index (κ3) is 11.1. The number of amides is 1. The molecule has 0 aromatic heterocycles. The molecular formula is C29H32ClF6N3O2. The van der Waals surface area contributed by atoms with Gasteiger partial charge in [-0.3, -0.25) is 9.59 Å². The van der Waals surface area contributed by atoms with E-state index in [1.807, 2.05) is 13.8 Å². The number of alkyl halides is 6. The molecule has 0 spiro atoms. The second-order valence-corrected chi connectivity index (χ2v) is 9.27. The van der Waals surface area contributed by atoms with E-state index in [1.165, 1.54) is 12.1 Å². The Morgan fingerprint density at radius 2 is 1.15 bits per heavy atom. The van der Waals surface area contributed by atoms with Crippen molar-refractivity contribution in [1.82, 2.24) is 0 Å². The predicted octanol–water partition coefficient (Wildman–Crippen LogP) is 7.84. The van der Waals surface area contributed by atoms with Gasteiger partial charge in [-0.15, -0.1) is 0 Å². The number of aliphatic imine (C=N–C) groups is 1. The molecule has 12 heteroatoms. The van der Waals surface area contributed by atoms with Crippen LogP contribution in [0.2, 0.25) is 0 Å². The number of hydrogen-bond acceptors (Lipinski definition) is 2. The minimum absolute atomic E-state index is 0.0998.